The molecule has 0 unspecified atom stereocenters. The van der Waals surface area contributed by atoms with Crippen LogP contribution in [0.4, 0.5) is 10.5 Å². The number of anilines is 1. The first kappa shape index (κ1) is 16.9. The average Bonchev–Trinajstić information content (AvgIpc) is 3.03. The van der Waals surface area contributed by atoms with Crippen molar-refractivity contribution in [1.82, 2.24) is 20.1 Å². The molecular weight excluding hydrogens is 322 g/mol. The maximum atomic E-state index is 12.1. The molecule has 132 valence electrons. The fourth-order valence-electron chi connectivity index (χ4n) is 3.01. The van der Waals surface area contributed by atoms with Crippen LogP contribution in [0.15, 0.2) is 36.8 Å². The van der Waals surface area contributed by atoms with E-state index in [0.29, 0.717) is 37.9 Å². The fourth-order valence-corrected chi connectivity index (χ4v) is 3.01. The lowest BCUT2D eigenvalue weighted by molar-refractivity contribution is -0.142. The molecule has 1 aliphatic carbocycles. The molecular formula is C17H21N5O3. The Morgan fingerprint density at radius 3 is 2.72 bits per heavy atom. The van der Waals surface area contributed by atoms with Gasteiger partial charge in [-0.2, -0.15) is 5.10 Å². The molecule has 0 spiro atoms. The molecule has 0 bridgehead atoms. The smallest absolute Gasteiger partial charge is 0.319 e. The average molecular weight is 343 g/mol. The number of amides is 2. The standard InChI is InChI=1S/C17H21N5O3/c23-16(24)12-4-6-13(7-5-12)20-17(25)21-15-9-19-22(11-15)10-14-3-1-2-8-18-14/h1-3,8-9,11-13H,4-7,10H2,(H,23,24)(H2,20,21,25). The summed E-state index contributed by atoms with van der Waals surface area (Å²) in [5, 5.41) is 18.9. The minimum atomic E-state index is -0.747. The van der Waals surface area contributed by atoms with E-state index in [4.69, 9.17) is 5.11 Å². The number of nitrogens with one attached hydrogen (secondary N) is 2. The van der Waals surface area contributed by atoms with Gasteiger partial charge in [0.2, 0.25) is 0 Å². The van der Waals surface area contributed by atoms with Gasteiger partial charge in [0, 0.05) is 18.4 Å². The second-order valence-electron chi connectivity index (χ2n) is 6.23. The zero-order valence-corrected chi connectivity index (χ0v) is 13.8. The van der Waals surface area contributed by atoms with Crippen molar-refractivity contribution in [3.05, 3.63) is 42.5 Å². The number of carboxylic acids is 1. The number of hydrogen-bond acceptors (Lipinski definition) is 4. The van der Waals surface area contributed by atoms with Crippen LogP contribution in [0.1, 0.15) is 31.4 Å². The molecule has 0 atom stereocenters. The van der Waals surface area contributed by atoms with Crippen LogP contribution in [0.5, 0.6) is 0 Å². The summed E-state index contributed by atoms with van der Waals surface area (Å²) in [6.45, 7) is 0.531. The van der Waals surface area contributed by atoms with Crippen molar-refractivity contribution in [3.63, 3.8) is 0 Å². The summed E-state index contributed by atoms with van der Waals surface area (Å²) < 4.78 is 1.70. The normalized spacial score (nSPS) is 20.0. The molecule has 1 fully saturated rings. The van der Waals surface area contributed by atoms with Crippen molar-refractivity contribution in [2.45, 2.75) is 38.3 Å². The summed E-state index contributed by atoms with van der Waals surface area (Å²) in [7, 11) is 0. The van der Waals surface area contributed by atoms with Gasteiger partial charge in [-0.05, 0) is 37.8 Å². The Bertz CT molecular complexity index is 723. The van der Waals surface area contributed by atoms with Gasteiger partial charge in [0.1, 0.15) is 0 Å². The van der Waals surface area contributed by atoms with E-state index in [2.05, 4.69) is 20.7 Å². The van der Waals surface area contributed by atoms with Gasteiger partial charge in [0.15, 0.2) is 0 Å². The van der Waals surface area contributed by atoms with Crippen molar-refractivity contribution in [3.8, 4) is 0 Å². The van der Waals surface area contributed by atoms with Gasteiger partial charge in [0.05, 0.1) is 30.0 Å². The minimum Gasteiger partial charge on any atom is -0.481 e. The van der Waals surface area contributed by atoms with Crippen LogP contribution >= 0.6 is 0 Å². The minimum absolute atomic E-state index is 0.0131. The van der Waals surface area contributed by atoms with Gasteiger partial charge in [0.25, 0.3) is 0 Å². The van der Waals surface area contributed by atoms with E-state index in [1.807, 2.05) is 18.2 Å². The molecule has 2 aromatic heterocycles. The van der Waals surface area contributed by atoms with E-state index in [-0.39, 0.29) is 18.0 Å². The van der Waals surface area contributed by atoms with Crippen LogP contribution in [-0.2, 0) is 11.3 Å². The van der Waals surface area contributed by atoms with E-state index in [1.165, 1.54) is 0 Å². The lowest BCUT2D eigenvalue weighted by atomic mass is 9.86. The molecule has 0 aromatic carbocycles. The summed E-state index contributed by atoms with van der Waals surface area (Å²) in [5.41, 5.74) is 1.49. The first-order chi connectivity index (χ1) is 12.1. The fraction of sp³-hybridized carbons (Fsp3) is 0.412. The number of rotatable bonds is 5. The zero-order valence-electron chi connectivity index (χ0n) is 13.8. The monoisotopic (exact) mass is 343 g/mol. The predicted octanol–water partition coefficient (Wildman–Crippen LogP) is 2.09. The van der Waals surface area contributed by atoms with Gasteiger partial charge in [-0.15, -0.1) is 0 Å². The topological polar surface area (TPSA) is 109 Å². The number of carbonyl (C=O) groups is 2. The van der Waals surface area contributed by atoms with Crippen molar-refractivity contribution in [2.24, 2.45) is 5.92 Å². The maximum Gasteiger partial charge on any atom is 0.319 e. The quantitative estimate of drug-likeness (QED) is 0.770. The highest BCUT2D eigenvalue weighted by atomic mass is 16.4. The number of carbonyl (C=O) groups excluding carboxylic acids is 1. The molecule has 0 radical (unpaired) electrons. The molecule has 8 heteroatoms. The van der Waals surface area contributed by atoms with Gasteiger partial charge >= 0.3 is 12.0 Å². The van der Waals surface area contributed by atoms with Gasteiger partial charge < -0.3 is 15.7 Å². The number of aromatic nitrogens is 3. The van der Waals surface area contributed by atoms with Crippen molar-refractivity contribution in [1.29, 1.82) is 0 Å². The van der Waals surface area contributed by atoms with Crippen LogP contribution in [0, 0.1) is 5.92 Å². The van der Waals surface area contributed by atoms with E-state index in [1.54, 1.807) is 23.3 Å². The third-order valence-electron chi connectivity index (χ3n) is 4.35. The highest BCUT2D eigenvalue weighted by Crippen LogP contribution is 2.24. The van der Waals surface area contributed by atoms with Crippen LogP contribution in [0.2, 0.25) is 0 Å². The van der Waals surface area contributed by atoms with E-state index >= 15 is 0 Å². The largest absolute Gasteiger partial charge is 0.481 e. The Balaban J connectivity index is 1.46. The molecule has 8 nitrogen and oxygen atoms in total. The molecule has 1 aliphatic rings. The molecule has 25 heavy (non-hydrogen) atoms. The Morgan fingerprint density at radius 1 is 1.24 bits per heavy atom. The van der Waals surface area contributed by atoms with Crippen LogP contribution in [0.3, 0.4) is 0 Å². The Labute approximate surface area is 145 Å². The highest BCUT2D eigenvalue weighted by Gasteiger charge is 2.26. The van der Waals surface area contributed by atoms with Gasteiger partial charge in [-0.3, -0.25) is 14.5 Å². The number of hydrogen-bond donors (Lipinski definition) is 3. The van der Waals surface area contributed by atoms with Crippen molar-refractivity contribution in [2.75, 3.05) is 5.32 Å². The summed E-state index contributed by atoms with van der Waals surface area (Å²) in [4.78, 5) is 27.3. The molecule has 2 heterocycles. The Hall–Kier alpha value is -2.90. The molecule has 2 amide bonds. The predicted molar refractivity (Wildman–Crippen MR) is 91.1 cm³/mol. The van der Waals surface area contributed by atoms with Crippen LogP contribution in [0.25, 0.3) is 0 Å². The number of urea groups is 1. The number of aliphatic carboxylic acids is 1. The van der Waals surface area contributed by atoms with E-state index in [9.17, 15) is 9.59 Å². The summed E-state index contributed by atoms with van der Waals surface area (Å²) in [6, 6.07) is 5.40. The van der Waals surface area contributed by atoms with Crippen LogP contribution in [-0.4, -0.2) is 37.9 Å². The molecule has 2 aromatic rings. The van der Waals surface area contributed by atoms with E-state index in [0.717, 1.165) is 5.69 Å². The summed E-state index contributed by atoms with van der Waals surface area (Å²) in [6.07, 6.45) is 7.63. The summed E-state index contributed by atoms with van der Waals surface area (Å²) in [5.74, 6) is -1.03. The second-order valence-corrected chi connectivity index (χ2v) is 6.23. The molecule has 0 aliphatic heterocycles. The first-order valence-corrected chi connectivity index (χ1v) is 8.33. The third kappa shape index (κ3) is 4.79. The molecule has 1 saturated carbocycles. The maximum absolute atomic E-state index is 12.1. The first-order valence-electron chi connectivity index (χ1n) is 8.33. The molecule has 3 N–H and O–H groups in total. The van der Waals surface area contributed by atoms with Crippen molar-refractivity contribution >= 4 is 17.7 Å². The summed E-state index contributed by atoms with van der Waals surface area (Å²) >= 11 is 0. The highest BCUT2D eigenvalue weighted by molar-refractivity contribution is 5.89. The number of pyridine rings is 1. The Kier molecular flexibility index (Phi) is 5.27. The van der Waals surface area contributed by atoms with Crippen molar-refractivity contribution < 1.29 is 14.7 Å². The van der Waals surface area contributed by atoms with Crippen LogP contribution < -0.4 is 10.6 Å². The third-order valence-corrected chi connectivity index (χ3v) is 4.35. The zero-order chi connectivity index (χ0) is 17.6. The number of nitrogens with zero attached hydrogens (tertiary/aromatic N) is 3. The lowest BCUT2D eigenvalue weighted by Gasteiger charge is -2.26. The SMILES string of the molecule is O=C(Nc1cnn(Cc2ccccn2)c1)NC1CCC(C(=O)O)CC1. The molecule has 3 rings (SSSR count). The van der Waals surface area contributed by atoms with Gasteiger partial charge in [-0.1, -0.05) is 6.07 Å². The Morgan fingerprint density at radius 2 is 2.04 bits per heavy atom. The number of carboxylic acid groups (broad SMARTS) is 1. The van der Waals surface area contributed by atoms with Gasteiger partial charge in [-0.25, -0.2) is 4.79 Å². The van der Waals surface area contributed by atoms with E-state index < -0.39 is 5.97 Å². The molecule has 0 saturated heterocycles. The lowest BCUT2D eigenvalue weighted by Crippen LogP contribution is -2.40. The second kappa shape index (κ2) is 7.78.